The molecule has 2 atom stereocenters. The first-order valence-electron chi connectivity index (χ1n) is 6.94. The first-order chi connectivity index (χ1) is 9.05. The van der Waals surface area contributed by atoms with Gasteiger partial charge in [0.25, 0.3) is 0 Å². The standard InChI is InChI=1S/C18H22O/c1-4-14(2)15-10-12-17(13-11-15)18(3,19)16-8-6-5-7-9-16/h5-14,19H,4H2,1-3H3. The molecule has 0 radical (unpaired) electrons. The molecular weight excluding hydrogens is 232 g/mol. The van der Waals surface area contributed by atoms with E-state index in [4.69, 9.17) is 0 Å². The predicted molar refractivity (Wildman–Crippen MR) is 80.3 cm³/mol. The SMILES string of the molecule is CCC(C)c1ccc(C(C)(O)c2ccccc2)cc1. The maximum atomic E-state index is 10.7. The molecule has 2 aromatic carbocycles. The number of hydrogen-bond acceptors (Lipinski definition) is 1. The van der Waals surface area contributed by atoms with E-state index in [9.17, 15) is 5.11 Å². The highest BCUT2D eigenvalue weighted by Crippen LogP contribution is 2.30. The average molecular weight is 254 g/mol. The minimum Gasteiger partial charge on any atom is -0.381 e. The summed E-state index contributed by atoms with van der Waals surface area (Å²) in [5.41, 5.74) is 2.25. The average Bonchev–Trinajstić information content (AvgIpc) is 2.47. The molecule has 19 heavy (non-hydrogen) atoms. The second-order valence-corrected chi connectivity index (χ2v) is 5.37. The second kappa shape index (κ2) is 5.58. The van der Waals surface area contributed by atoms with Crippen molar-refractivity contribution in [1.82, 2.24) is 0 Å². The lowest BCUT2D eigenvalue weighted by Gasteiger charge is -2.25. The van der Waals surface area contributed by atoms with Crippen molar-refractivity contribution >= 4 is 0 Å². The maximum Gasteiger partial charge on any atom is 0.112 e. The quantitative estimate of drug-likeness (QED) is 0.854. The molecule has 0 heterocycles. The van der Waals surface area contributed by atoms with Crippen LogP contribution in [0.2, 0.25) is 0 Å². The molecule has 100 valence electrons. The van der Waals surface area contributed by atoms with Crippen LogP contribution in [0.3, 0.4) is 0 Å². The normalized spacial score (nSPS) is 15.8. The molecule has 0 saturated carbocycles. The zero-order valence-corrected chi connectivity index (χ0v) is 11.9. The molecule has 0 aliphatic carbocycles. The zero-order chi connectivity index (χ0) is 13.9. The summed E-state index contributed by atoms with van der Waals surface area (Å²) in [7, 11) is 0. The van der Waals surface area contributed by atoms with Gasteiger partial charge in [0.05, 0.1) is 0 Å². The van der Waals surface area contributed by atoms with E-state index < -0.39 is 5.60 Å². The van der Waals surface area contributed by atoms with Gasteiger partial charge >= 0.3 is 0 Å². The van der Waals surface area contributed by atoms with Crippen molar-refractivity contribution in [1.29, 1.82) is 0 Å². The fraction of sp³-hybridized carbons (Fsp3) is 0.333. The highest BCUT2D eigenvalue weighted by molar-refractivity contribution is 5.37. The van der Waals surface area contributed by atoms with E-state index in [1.807, 2.05) is 49.4 Å². The van der Waals surface area contributed by atoms with Crippen molar-refractivity contribution in [3.8, 4) is 0 Å². The largest absolute Gasteiger partial charge is 0.381 e. The van der Waals surface area contributed by atoms with Crippen LogP contribution in [0.4, 0.5) is 0 Å². The number of benzene rings is 2. The molecule has 0 saturated heterocycles. The Hall–Kier alpha value is -1.60. The minimum absolute atomic E-state index is 0.565. The lowest BCUT2D eigenvalue weighted by Crippen LogP contribution is -2.22. The molecule has 1 heteroatoms. The Morgan fingerprint density at radius 3 is 2.00 bits per heavy atom. The van der Waals surface area contributed by atoms with Crippen LogP contribution in [0.15, 0.2) is 54.6 Å². The lowest BCUT2D eigenvalue weighted by molar-refractivity contribution is 0.102. The second-order valence-electron chi connectivity index (χ2n) is 5.37. The maximum absolute atomic E-state index is 10.7. The van der Waals surface area contributed by atoms with Gasteiger partial charge in [-0.1, -0.05) is 68.4 Å². The number of aliphatic hydroxyl groups is 1. The fourth-order valence-corrected chi connectivity index (χ4v) is 2.30. The molecule has 2 rings (SSSR count). The third kappa shape index (κ3) is 2.87. The van der Waals surface area contributed by atoms with E-state index in [1.54, 1.807) is 0 Å². The van der Waals surface area contributed by atoms with Crippen LogP contribution in [0.5, 0.6) is 0 Å². The van der Waals surface area contributed by atoms with E-state index in [0.717, 1.165) is 17.5 Å². The van der Waals surface area contributed by atoms with Crippen molar-refractivity contribution < 1.29 is 5.11 Å². The van der Waals surface area contributed by atoms with Crippen LogP contribution in [-0.2, 0) is 5.60 Å². The van der Waals surface area contributed by atoms with Gasteiger partial charge in [0.1, 0.15) is 5.60 Å². The van der Waals surface area contributed by atoms with Gasteiger partial charge in [-0.3, -0.25) is 0 Å². The van der Waals surface area contributed by atoms with Crippen LogP contribution in [0.1, 0.15) is 49.8 Å². The summed E-state index contributed by atoms with van der Waals surface area (Å²) < 4.78 is 0. The first-order valence-corrected chi connectivity index (χ1v) is 6.94. The monoisotopic (exact) mass is 254 g/mol. The summed E-state index contributed by atoms with van der Waals surface area (Å²) in [6, 6.07) is 18.1. The summed E-state index contributed by atoms with van der Waals surface area (Å²) in [6.45, 7) is 6.27. The van der Waals surface area contributed by atoms with Crippen LogP contribution >= 0.6 is 0 Å². The molecule has 1 nitrogen and oxygen atoms in total. The molecule has 0 aliphatic heterocycles. The molecule has 2 unspecified atom stereocenters. The molecule has 0 amide bonds. The van der Waals surface area contributed by atoms with Crippen LogP contribution in [-0.4, -0.2) is 5.11 Å². The van der Waals surface area contributed by atoms with Gasteiger partial charge in [-0.25, -0.2) is 0 Å². The highest BCUT2D eigenvalue weighted by atomic mass is 16.3. The van der Waals surface area contributed by atoms with E-state index >= 15 is 0 Å². The Kier molecular flexibility index (Phi) is 4.06. The fourth-order valence-electron chi connectivity index (χ4n) is 2.30. The Balaban J connectivity index is 2.31. The first kappa shape index (κ1) is 13.8. The van der Waals surface area contributed by atoms with E-state index in [1.165, 1.54) is 5.56 Å². The lowest BCUT2D eigenvalue weighted by atomic mass is 9.87. The van der Waals surface area contributed by atoms with Gasteiger partial charge in [-0.2, -0.15) is 0 Å². The molecule has 0 aliphatic rings. The highest BCUT2D eigenvalue weighted by Gasteiger charge is 2.25. The molecule has 1 N–H and O–H groups in total. The molecule has 2 aromatic rings. The zero-order valence-electron chi connectivity index (χ0n) is 11.9. The van der Waals surface area contributed by atoms with Crippen LogP contribution in [0, 0.1) is 0 Å². The van der Waals surface area contributed by atoms with Crippen LogP contribution < -0.4 is 0 Å². The van der Waals surface area contributed by atoms with Gasteiger partial charge in [-0.15, -0.1) is 0 Å². The van der Waals surface area contributed by atoms with Gasteiger partial charge in [-0.05, 0) is 36.0 Å². The van der Waals surface area contributed by atoms with E-state index in [2.05, 4.69) is 26.0 Å². The third-order valence-electron chi connectivity index (χ3n) is 3.99. The number of hydrogen-bond donors (Lipinski definition) is 1. The molecule has 0 bridgehead atoms. The van der Waals surface area contributed by atoms with Crippen molar-refractivity contribution in [3.63, 3.8) is 0 Å². The molecule has 0 aromatic heterocycles. The van der Waals surface area contributed by atoms with Crippen molar-refractivity contribution in [2.75, 3.05) is 0 Å². The molecular formula is C18H22O. The van der Waals surface area contributed by atoms with Crippen molar-refractivity contribution in [3.05, 3.63) is 71.3 Å². The number of rotatable bonds is 4. The van der Waals surface area contributed by atoms with Gasteiger partial charge < -0.3 is 5.11 Å². The van der Waals surface area contributed by atoms with Gasteiger partial charge in [0.2, 0.25) is 0 Å². The van der Waals surface area contributed by atoms with E-state index in [0.29, 0.717) is 5.92 Å². The van der Waals surface area contributed by atoms with Gasteiger partial charge in [0, 0.05) is 0 Å². The summed E-state index contributed by atoms with van der Waals surface area (Å²) in [4.78, 5) is 0. The Morgan fingerprint density at radius 1 is 0.947 bits per heavy atom. The third-order valence-corrected chi connectivity index (χ3v) is 3.99. The molecule has 0 fully saturated rings. The van der Waals surface area contributed by atoms with Crippen molar-refractivity contribution in [2.24, 2.45) is 0 Å². The Bertz CT molecular complexity index is 511. The Labute approximate surface area is 115 Å². The molecule has 0 spiro atoms. The summed E-state index contributed by atoms with van der Waals surface area (Å²) in [6.07, 6.45) is 1.13. The summed E-state index contributed by atoms with van der Waals surface area (Å²) in [5.74, 6) is 0.565. The summed E-state index contributed by atoms with van der Waals surface area (Å²) >= 11 is 0. The minimum atomic E-state index is -0.935. The van der Waals surface area contributed by atoms with Crippen LogP contribution in [0.25, 0.3) is 0 Å². The smallest absolute Gasteiger partial charge is 0.112 e. The topological polar surface area (TPSA) is 20.2 Å². The van der Waals surface area contributed by atoms with E-state index in [-0.39, 0.29) is 0 Å². The predicted octanol–water partition coefficient (Wildman–Crippen LogP) is 4.46. The Morgan fingerprint density at radius 2 is 1.47 bits per heavy atom. The van der Waals surface area contributed by atoms with Crippen molar-refractivity contribution in [2.45, 2.75) is 38.7 Å². The van der Waals surface area contributed by atoms with Gasteiger partial charge in [0.15, 0.2) is 0 Å². The summed E-state index contributed by atoms with van der Waals surface area (Å²) in [5, 5.41) is 10.7.